The number of hydrogen-bond acceptors (Lipinski definition) is 5. The number of ether oxygens (including phenoxy) is 2. The first-order chi connectivity index (χ1) is 12.0. The molecule has 0 aromatic heterocycles. The molecule has 2 aromatic carbocycles. The van der Waals surface area contributed by atoms with Crippen molar-refractivity contribution in [2.24, 2.45) is 0 Å². The van der Waals surface area contributed by atoms with Crippen molar-refractivity contribution in [2.75, 3.05) is 29.9 Å². The quantitative estimate of drug-likeness (QED) is 0.670. The molecule has 3 rings (SSSR count). The largest absolute Gasteiger partial charge is 0.494 e. The number of carbonyl (C=O) groups is 2. The van der Waals surface area contributed by atoms with Crippen molar-refractivity contribution in [2.45, 2.75) is 13.8 Å². The van der Waals surface area contributed by atoms with E-state index >= 15 is 0 Å². The van der Waals surface area contributed by atoms with Gasteiger partial charge in [0.1, 0.15) is 12.3 Å². The molecule has 0 atom stereocenters. The van der Waals surface area contributed by atoms with Gasteiger partial charge < -0.3 is 19.7 Å². The van der Waals surface area contributed by atoms with Crippen molar-refractivity contribution in [1.29, 1.82) is 0 Å². The van der Waals surface area contributed by atoms with Crippen molar-refractivity contribution in [3.8, 4) is 11.5 Å². The molecule has 1 aliphatic rings. The molecule has 6 heteroatoms. The Labute approximate surface area is 146 Å². The topological polar surface area (TPSA) is 67.9 Å². The summed E-state index contributed by atoms with van der Waals surface area (Å²) < 4.78 is 10.6. The van der Waals surface area contributed by atoms with Gasteiger partial charge in [-0.25, -0.2) is 4.79 Å². The smallest absolute Gasteiger partial charge is 0.331 e. The highest BCUT2D eigenvalue weighted by Crippen LogP contribution is 2.32. The summed E-state index contributed by atoms with van der Waals surface area (Å²) >= 11 is 0. The van der Waals surface area contributed by atoms with Crippen LogP contribution in [0.4, 0.5) is 11.4 Å². The van der Waals surface area contributed by atoms with Gasteiger partial charge in [-0.05, 0) is 55.8 Å². The van der Waals surface area contributed by atoms with Gasteiger partial charge in [0.25, 0.3) is 0 Å². The Bertz CT molecular complexity index is 787. The third-order valence-electron chi connectivity index (χ3n) is 3.78. The number of carbonyl (C=O) groups excluding carboxylic acids is 2. The minimum absolute atomic E-state index is 0.0488. The first-order valence-electron chi connectivity index (χ1n) is 8.14. The van der Waals surface area contributed by atoms with Gasteiger partial charge in [0, 0.05) is 5.69 Å². The van der Waals surface area contributed by atoms with Crippen LogP contribution in [0.2, 0.25) is 0 Å². The molecule has 1 heterocycles. The van der Waals surface area contributed by atoms with Gasteiger partial charge in [0.05, 0.1) is 18.8 Å². The molecule has 1 amide bonds. The number of hydrogen-bond donors (Lipinski definition) is 1. The lowest BCUT2D eigenvalue weighted by Crippen LogP contribution is -2.41. The van der Waals surface area contributed by atoms with E-state index in [1.807, 2.05) is 26.0 Å². The number of anilines is 2. The highest BCUT2D eigenvalue weighted by molar-refractivity contribution is 5.96. The Morgan fingerprint density at radius 2 is 2.00 bits per heavy atom. The van der Waals surface area contributed by atoms with Crippen LogP contribution in [0.1, 0.15) is 12.5 Å². The number of benzene rings is 2. The molecule has 0 radical (unpaired) electrons. The van der Waals surface area contributed by atoms with E-state index in [0.717, 1.165) is 17.0 Å². The summed E-state index contributed by atoms with van der Waals surface area (Å²) in [5, 5.41) is 2.83. The van der Waals surface area contributed by atoms with Crippen molar-refractivity contribution >= 4 is 23.3 Å². The summed E-state index contributed by atoms with van der Waals surface area (Å²) in [6.07, 6.45) is 0. The van der Waals surface area contributed by atoms with Crippen LogP contribution in [0.25, 0.3) is 0 Å². The van der Waals surface area contributed by atoms with Gasteiger partial charge in [0.2, 0.25) is 5.91 Å². The number of nitrogens with zero attached hydrogens (tertiary/aromatic N) is 1. The number of amides is 1. The molecule has 0 fully saturated rings. The predicted molar refractivity (Wildman–Crippen MR) is 95.3 cm³/mol. The number of esters is 1. The lowest BCUT2D eigenvalue weighted by Gasteiger charge is -2.29. The second-order valence-corrected chi connectivity index (χ2v) is 5.81. The lowest BCUT2D eigenvalue weighted by molar-refractivity contribution is -0.133. The number of aryl methyl sites for hydroxylation is 1. The van der Waals surface area contributed by atoms with Gasteiger partial charge in [-0.1, -0.05) is 6.07 Å². The highest BCUT2D eigenvalue weighted by Gasteiger charge is 2.25. The summed E-state index contributed by atoms with van der Waals surface area (Å²) in [5.74, 6) is 0.663. The molecule has 130 valence electrons. The molecule has 0 saturated carbocycles. The van der Waals surface area contributed by atoms with Crippen LogP contribution in [0, 0.1) is 6.92 Å². The average molecular weight is 340 g/mol. The normalized spacial score (nSPS) is 13.0. The van der Waals surface area contributed by atoms with Crippen LogP contribution in [-0.4, -0.2) is 31.6 Å². The van der Waals surface area contributed by atoms with E-state index < -0.39 is 0 Å². The molecule has 1 N–H and O–H groups in total. The summed E-state index contributed by atoms with van der Waals surface area (Å²) in [6.45, 7) is 4.58. The van der Waals surface area contributed by atoms with Crippen LogP contribution >= 0.6 is 0 Å². The third kappa shape index (κ3) is 4.09. The Hall–Kier alpha value is -3.02. The van der Waals surface area contributed by atoms with E-state index in [-0.39, 0.29) is 25.0 Å². The maximum atomic E-state index is 12.4. The fourth-order valence-corrected chi connectivity index (χ4v) is 2.67. The third-order valence-corrected chi connectivity index (χ3v) is 3.78. The van der Waals surface area contributed by atoms with Gasteiger partial charge >= 0.3 is 5.97 Å². The minimum Gasteiger partial charge on any atom is -0.494 e. The van der Waals surface area contributed by atoms with E-state index in [1.54, 1.807) is 35.2 Å². The van der Waals surface area contributed by atoms with E-state index in [0.29, 0.717) is 18.0 Å². The zero-order valence-corrected chi connectivity index (χ0v) is 14.2. The maximum Gasteiger partial charge on any atom is 0.331 e. The molecule has 0 aliphatic carbocycles. The first kappa shape index (κ1) is 16.8. The van der Waals surface area contributed by atoms with Crippen LogP contribution in [0.5, 0.6) is 11.5 Å². The summed E-state index contributed by atoms with van der Waals surface area (Å²) in [5.41, 5.74) is 2.47. The minimum atomic E-state index is -0.370. The molecule has 0 saturated heterocycles. The van der Waals surface area contributed by atoms with Crippen molar-refractivity contribution in [3.05, 3.63) is 48.0 Å². The number of nitrogens with one attached hydrogen (secondary N) is 1. The standard InChI is InChI=1S/C19H20N2O4/c1-3-24-15-7-5-14(6-8-15)20-18(22)11-21-12-19(23)25-17-9-4-13(2)10-16(17)21/h4-10H,3,11-12H2,1-2H3,(H,20,22). The van der Waals surface area contributed by atoms with E-state index in [9.17, 15) is 9.59 Å². The number of fused-ring (bicyclic) bond motifs is 1. The molecule has 1 aliphatic heterocycles. The van der Waals surface area contributed by atoms with Gasteiger partial charge in [-0.2, -0.15) is 0 Å². The second kappa shape index (κ2) is 7.25. The van der Waals surface area contributed by atoms with Crippen LogP contribution < -0.4 is 19.7 Å². The van der Waals surface area contributed by atoms with Crippen molar-refractivity contribution in [3.63, 3.8) is 0 Å². The molecule has 0 bridgehead atoms. The van der Waals surface area contributed by atoms with Crippen LogP contribution in [-0.2, 0) is 9.59 Å². The molecule has 25 heavy (non-hydrogen) atoms. The molecule has 6 nitrogen and oxygen atoms in total. The average Bonchev–Trinajstić information content (AvgIpc) is 2.57. The summed E-state index contributed by atoms with van der Waals surface area (Å²) in [7, 11) is 0. The fourth-order valence-electron chi connectivity index (χ4n) is 2.67. The lowest BCUT2D eigenvalue weighted by atomic mass is 10.1. The zero-order valence-electron chi connectivity index (χ0n) is 14.2. The summed E-state index contributed by atoms with van der Waals surface area (Å²) in [6, 6.07) is 12.7. The fraction of sp³-hybridized carbons (Fsp3) is 0.263. The van der Waals surface area contributed by atoms with E-state index in [4.69, 9.17) is 9.47 Å². The predicted octanol–water partition coefficient (Wildman–Crippen LogP) is 2.76. The molecule has 0 spiro atoms. The first-order valence-corrected chi connectivity index (χ1v) is 8.14. The van der Waals surface area contributed by atoms with E-state index in [2.05, 4.69) is 5.32 Å². The van der Waals surface area contributed by atoms with Crippen LogP contribution in [0.15, 0.2) is 42.5 Å². The summed E-state index contributed by atoms with van der Waals surface area (Å²) in [4.78, 5) is 25.8. The molecular formula is C19H20N2O4. The molecule has 0 unspecified atom stereocenters. The number of rotatable bonds is 5. The van der Waals surface area contributed by atoms with Gasteiger partial charge in [-0.3, -0.25) is 4.79 Å². The molecular weight excluding hydrogens is 320 g/mol. The Morgan fingerprint density at radius 1 is 1.24 bits per heavy atom. The van der Waals surface area contributed by atoms with Crippen molar-refractivity contribution < 1.29 is 19.1 Å². The SMILES string of the molecule is CCOc1ccc(NC(=O)CN2CC(=O)Oc3ccc(C)cc32)cc1. The zero-order chi connectivity index (χ0) is 17.8. The van der Waals surface area contributed by atoms with Gasteiger partial charge in [-0.15, -0.1) is 0 Å². The monoisotopic (exact) mass is 340 g/mol. The second-order valence-electron chi connectivity index (χ2n) is 5.81. The maximum absolute atomic E-state index is 12.4. The van der Waals surface area contributed by atoms with Crippen LogP contribution in [0.3, 0.4) is 0 Å². The van der Waals surface area contributed by atoms with E-state index in [1.165, 1.54) is 0 Å². The van der Waals surface area contributed by atoms with Gasteiger partial charge in [0.15, 0.2) is 5.75 Å². The Morgan fingerprint density at radius 3 is 2.72 bits per heavy atom. The Kier molecular flexibility index (Phi) is 4.88. The highest BCUT2D eigenvalue weighted by atomic mass is 16.5. The molecule has 2 aromatic rings. The van der Waals surface area contributed by atoms with Crippen molar-refractivity contribution in [1.82, 2.24) is 0 Å². The Balaban J connectivity index is 1.68.